The van der Waals surface area contributed by atoms with E-state index in [0.29, 0.717) is 0 Å². The fourth-order valence-corrected chi connectivity index (χ4v) is 2.37. The first-order valence-corrected chi connectivity index (χ1v) is 5.41. The summed E-state index contributed by atoms with van der Waals surface area (Å²) in [6.07, 6.45) is 6.75. The van der Waals surface area contributed by atoms with E-state index in [1.165, 1.54) is 16.0 Å². The molecule has 0 fully saturated rings. The second kappa shape index (κ2) is 4.46. The molecular weight excluding hydrogens is 164 g/mol. The van der Waals surface area contributed by atoms with E-state index in [-0.39, 0.29) is 0 Å². The maximum absolute atomic E-state index is 2.25. The third-order valence-electron chi connectivity index (χ3n) is 1.99. The highest BCUT2D eigenvalue weighted by Gasteiger charge is 2.02. The van der Waals surface area contributed by atoms with Gasteiger partial charge < -0.3 is 0 Å². The molecule has 0 saturated heterocycles. The van der Waals surface area contributed by atoms with Crippen molar-refractivity contribution >= 4 is 17.4 Å². The monoisotopic (exact) mass is 180 g/mol. The standard InChI is InChI=1S/C11H16S/c1-4-6-7-11-10(5-2)9(3)8-12-11/h6-8H,4-5H2,1-3H3/b7-6-. The second-order valence-electron chi connectivity index (χ2n) is 2.93. The highest BCUT2D eigenvalue weighted by Crippen LogP contribution is 2.23. The number of hydrogen-bond acceptors (Lipinski definition) is 1. The van der Waals surface area contributed by atoms with Crippen LogP contribution in [0.3, 0.4) is 0 Å². The van der Waals surface area contributed by atoms with Crippen LogP contribution in [0.2, 0.25) is 0 Å². The molecule has 0 aliphatic rings. The van der Waals surface area contributed by atoms with Crippen molar-refractivity contribution in [1.29, 1.82) is 0 Å². The van der Waals surface area contributed by atoms with E-state index < -0.39 is 0 Å². The highest BCUT2D eigenvalue weighted by molar-refractivity contribution is 7.11. The minimum absolute atomic E-state index is 1.13. The van der Waals surface area contributed by atoms with Crippen LogP contribution in [0.15, 0.2) is 11.5 Å². The van der Waals surface area contributed by atoms with Gasteiger partial charge >= 0.3 is 0 Å². The summed E-state index contributed by atoms with van der Waals surface area (Å²) in [4.78, 5) is 1.44. The third-order valence-corrected chi connectivity index (χ3v) is 3.10. The quantitative estimate of drug-likeness (QED) is 0.658. The van der Waals surface area contributed by atoms with Crippen LogP contribution < -0.4 is 0 Å². The van der Waals surface area contributed by atoms with Crippen molar-refractivity contribution in [2.24, 2.45) is 0 Å². The molecule has 0 unspecified atom stereocenters. The van der Waals surface area contributed by atoms with Gasteiger partial charge in [0, 0.05) is 4.88 Å². The summed E-state index contributed by atoms with van der Waals surface area (Å²) in [6.45, 7) is 6.58. The lowest BCUT2D eigenvalue weighted by atomic mass is 10.1. The lowest BCUT2D eigenvalue weighted by Gasteiger charge is -1.95. The first-order valence-electron chi connectivity index (χ1n) is 4.53. The molecule has 12 heavy (non-hydrogen) atoms. The van der Waals surface area contributed by atoms with Crippen LogP contribution in [0.1, 0.15) is 36.3 Å². The summed E-state index contributed by atoms with van der Waals surface area (Å²) in [5.74, 6) is 0. The SMILES string of the molecule is CC/C=C\c1scc(C)c1CC. The Morgan fingerprint density at radius 1 is 1.42 bits per heavy atom. The number of allylic oxidation sites excluding steroid dienone is 1. The number of aryl methyl sites for hydroxylation is 1. The Balaban J connectivity index is 2.91. The van der Waals surface area contributed by atoms with Crippen LogP contribution in [0.5, 0.6) is 0 Å². The van der Waals surface area contributed by atoms with Gasteiger partial charge in [0.05, 0.1) is 0 Å². The molecule has 0 aliphatic carbocycles. The molecule has 0 atom stereocenters. The van der Waals surface area contributed by atoms with Gasteiger partial charge in [0.1, 0.15) is 0 Å². The van der Waals surface area contributed by atoms with Gasteiger partial charge in [-0.1, -0.05) is 19.9 Å². The predicted molar refractivity (Wildman–Crippen MR) is 57.8 cm³/mol. The third kappa shape index (κ3) is 1.98. The van der Waals surface area contributed by atoms with Gasteiger partial charge in [-0.15, -0.1) is 11.3 Å². The van der Waals surface area contributed by atoms with Gasteiger partial charge in [-0.05, 0) is 42.3 Å². The summed E-state index contributed by atoms with van der Waals surface area (Å²) < 4.78 is 0. The second-order valence-corrected chi connectivity index (χ2v) is 3.84. The topological polar surface area (TPSA) is 0 Å². The van der Waals surface area contributed by atoms with Crippen molar-refractivity contribution in [3.05, 3.63) is 27.5 Å². The Morgan fingerprint density at radius 2 is 2.17 bits per heavy atom. The molecule has 0 amide bonds. The van der Waals surface area contributed by atoms with Crippen LogP contribution >= 0.6 is 11.3 Å². The fourth-order valence-electron chi connectivity index (χ4n) is 1.31. The Bertz CT molecular complexity index is 269. The van der Waals surface area contributed by atoms with Crippen LogP contribution in [0.25, 0.3) is 6.08 Å². The van der Waals surface area contributed by atoms with Gasteiger partial charge in [-0.25, -0.2) is 0 Å². The average molecular weight is 180 g/mol. The summed E-state index contributed by atoms with van der Waals surface area (Å²) in [5.41, 5.74) is 2.96. The zero-order valence-electron chi connectivity index (χ0n) is 8.05. The molecule has 1 aromatic heterocycles. The maximum atomic E-state index is 2.25. The molecule has 0 radical (unpaired) electrons. The highest BCUT2D eigenvalue weighted by atomic mass is 32.1. The van der Waals surface area contributed by atoms with Crippen molar-refractivity contribution in [1.82, 2.24) is 0 Å². The van der Waals surface area contributed by atoms with E-state index >= 15 is 0 Å². The number of rotatable bonds is 3. The Morgan fingerprint density at radius 3 is 2.75 bits per heavy atom. The van der Waals surface area contributed by atoms with Crippen molar-refractivity contribution in [3.8, 4) is 0 Å². The zero-order chi connectivity index (χ0) is 8.97. The smallest absolute Gasteiger partial charge is 0.0301 e. The molecule has 1 aromatic rings. The molecule has 1 rings (SSSR count). The van der Waals surface area contributed by atoms with Crippen LogP contribution in [-0.2, 0) is 6.42 Å². The molecule has 0 aromatic carbocycles. The van der Waals surface area contributed by atoms with E-state index in [1.807, 2.05) is 11.3 Å². The summed E-state index contributed by atoms with van der Waals surface area (Å²) in [7, 11) is 0. The Kier molecular flexibility index (Phi) is 3.54. The number of thiophene rings is 1. The van der Waals surface area contributed by atoms with Gasteiger partial charge in [-0.2, -0.15) is 0 Å². The molecular formula is C11H16S. The maximum Gasteiger partial charge on any atom is 0.0301 e. The molecule has 0 N–H and O–H groups in total. The fraction of sp³-hybridized carbons (Fsp3) is 0.455. The summed E-state index contributed by atoms with van der Waals surface area (Å²) in [5, 5.41) is 2.24. The normalized spacial score (nSPS) is 11.2. The minimum Gasteiger partial charge on any atom is -0.144 e. The molecule has 1 heteroatoms. The van der Waals surface area contributed by atoms with Crippen molar-refractivity contribution in [3.63, 3.8) is 0 Å². The Hall–Kier alpha value is -0.560. The van der Waals surface area contributed by atoms with Crippen LogP contribution in [-0.4, -0.2) is 0 Å². The van der Waals surface area contributed by atoms with Gasteiger partial charge in [-0.3, -0.25) is 0 Å². The van der Waals surface area contributed by atoms with Crippen molar-refractivity contribution in [2.75, 3.05) is 0 Å². The van der Waals surface area contributed by atoms with Crippen LogP contribution in [0, 0.1) is 6.92 Å². The van der Waals surface area contributed by atoms with E-state index in [4.69, 9.17) is 0 Å². The zero-order valence-corrected chi connectivity index (χ0v) is 8.87. The lowest BCUT2D eigenvalue weighted by Crippen LogP contribution is -1.81. The van der Waals surface area contributed by atoms with Crippen LogP contribution in [0.4, 0.5) is 0 Å². The van der Waals surface area contributed by atoms with Gasteiger partial charge in [0.15, 0.2) is 0 Å². The molecule has 0 nitrogen and oxygen atoms in total. The van der Waals surface area contributed by atoms with Crippen molar-refractivity contribution in [2.45, 2.75) is 33.6 Å². The molecule has 66 valence electrons. The molecule has 0 saturated carbocycles. The lowest BCUT2D eigenvalue weighted by molar-refractivity contribution is 1.12. The van der Waals surface area contributed by atoms with Crippen molar-refractivity contribution < 1.29 is 0 Å². The first-order chi connectivity index (χ1) is 5.79. The molecule has 0 aliphatic heterocycles. The Labute approximate surface area is 78.9 Å². The first kappa shape index (κ1) is 9.53. The molecule has 0 spiro atoms. The molecule has 0 bridgehead atoms. The minimum atomic E-state index is 1.13. The largest absolute Gasteiger partial charge is 0.144 e. The van der Waals surface area contributed by atoms with Gasteiger partial charge in [0.2, 0.25) is 0 Å². The van der Waals surface area contributed by atoms with E-state index in [2.05, 4.69) is 38.3 Å². The molecule has 1 heterocycles. The van der Waals surface area contributed by atoms with E-state index in [1.54, 1.807) is 0 Å². The van der Waals surface area contributed by atoms with Gasteiger partial charge in [0.25, 0.3) is 0 Å². The summed E-state index contributed by atoms with van der Waals surface area (Å²) >= 11 is 1.85. The average Bonchev–Trinajstić information content (AvgIpc) is 2.43. The number of hydrogen-bond donors (Lipinski definition) is 0. The predicted octanol–water partition coefficient (Wildman–Crippen LogP) is 4.04. The van der Waals surface area contributed by atoms with E-state index in [9.17, 15) is 0 Å². The summed E-state index contributed by atoms with van der Waals surface area (Å²) in [6, 6.07) is 0. The van der Waals surface area contributed by atoms with E-state index in [0.717, 1.165) is 12.8 Å².